The van der Waals surface area contributed by atoms with Crippen molar-refractivity contribution in [1.29, 1.82) is 0 Å². The van der Waals surface area contributed by atoms with Crippen LogP contribution < -0.4 is 9.64 Å². The van der Waals surface area contributed by atoms with Gasteiger partial charge < -0.3 is 14.4 Å². The van der Waals surface area contributed by atoms with Crippen molar-refractivity contribution in [2.45, 2.75) is 44.4 Å². The van der Waals surface area contributed by atoms with Crippen LogP contribution in [0, 0.1) is 12.8 Å². The lowest BCUT2D eigenvalue weighted by atomic mass is 10.1. The number of ether oxygens (including phenoxy) is 2. The summed E-state index contributed by atoms with van der Waals surface area (Å²) < 4.78 is 13.3. The Morgan fingerprint density at radius 1 is 1.16 bits per heavy atom. The highest BCUT2D eigenvalue weighted by molar-refractivity contribution is 7.98. The lowest BCUT2D eigenvalue weighted by molar-refractivity contribution is 0.133. The minimum absolute atomic E-state index is 0. The molecule has 9 heteroatoms. The Bertz CT molecular complexity index is 1440. The predicted octanol–water partition coefficient (Wildman–Crippen LogP) is 6.96. The van der Waals surface area contributed by atoms with Gasteiger partial charge in [0.05, 0.1) is 42.3 Å². The van der Waals surface area contributed by atoms with E-state index in [-0.39, 0.29) is 12.4 Å². The Hall–Kier alpha value is -2.45. The Morgan fingerprint density at radius 2 is 1.95 bits per heavy atom. The van der Waals surface area contributed by atoms with Crippen molar-refractivity contribution in [2.24, 2.45) is 5.92 Å². The zero-order chi connectivity index (χ0) is 24.8. The fourth-order valence-electron chi connectivity index (χ4n) is 4.99. The van der Waals surface area contributed by atoms with Crippen LogP contribution in [0.25, 0.3) is 16.8 Å². The zero-order valence-electron chi connectivity index (χ0n) is 21.2. The largest absolute Gasteiger partial charge is 0.497 e. The van der Waals surface area contributed by atoms with Gasteiger partial charge in [-0.2, -0.15) is 9.61 Å². The van der Waals surface area contributed by atoms with Gasteiger partial charge in [-0.3, -0.25) is 0 Å². The number of thioether (sulfide) groups is 1. The van der Waals surface area contributed by atoms with Gasteiger partial charge in [-0.05, 0) is 67.8 Å². The van der Waals surface area contributed by atoms with Gasteiger partial charge in [-0.1, -0.05) is 23.7 Å². The van der Waals surface area contributed by atoms with Gasteiger partial charge in [0.2, 0.25) is 0 Å². The van der Waals surface area contributed by atoms with Gasteiger partial charge in [0, 0.05) is 29.1 Å². The van der Waals surface area contributed by atoms with Crippen LogP contribution in [0.5, 0.6) is 5.75 Å². The molecule has 1 fully saturated rings. The highest BCUT2D eigenvalue weighted by atomic mass is 35.5. The summed E-state index contributed by atoms with van der Waals surface area (Å²) in [5, 5.41) is 5.65. The van der Waals surface area contributed by atoms with Gasteiger partial charge in [-0.25, -0.2) is 4.98 Å². The predicted molar refractivity (Wildman–Crippen MR) is 152 cm³/mol. The molecule has 2 aromatic carbocycles. The van der Waals surface area contributed by atoms with E-state index in [4.69, 9.17) is 31.2 Å². The molecule has 0 atom stereocenters. The molecule has 3 heterocycles. The molecule has 2 aromatic heterocycles. The Balaban J connectivity index is 0.00000280. The first-order valence-corrected chi connectivity index (χ1v) is 13.9. The monoisotopic (exact) mass is 556 g/mol. The van der Waals surface area contributed by atoms with Gasteiger partial charge in [0.15, 0.2) is 5.65 Å². The molecule has 6 nitrogen and oxygen atoms in total. The highest BCUT2D eigenvalue weighted by Crippen LogP contribution is 2.40. The molecule has 1 aliphatic heterocycles. The van der Waals surface area contributed by atoms with Gasteiger partial charge in [-0.15, -0.1) is 24.2 Å². The summed E-state index contributed by atoms with van der Waals surface area (Å²) in [6.07, 6.45) is 4.66. The van der Waals surface area contributed by atoms with Gasteiger partial charge in [0.1, 0.15) is 11.6 Å². The summed E-state index contributed by atoms with van der Waals surface area (Å²) in [5.74, 6) is 2.53. The summed E-state index contributed by atoms with van der Waals surface area (Å²) in [7, 11) is 1.64. The first kappa shape index (κ1) is 26.2. The number of fused-ring (bicyclic) bond motifs is 2. The van der Waals surface area contributed by atoms with Crippen LogP contribution in [0.1, 0.15) is 35.4 Å². The fourth-order valence-corrected chi connectivity index (χ4v) is 5.66. The normalized spacial score (nSPS) is 14.5. The topological polar surface area (TPSA) is 51.9 Å². The number of rotatable bonds is 8. The maximum Gasteiger partial charge on any atom is 0.165 e. The molecule has 194 valence electrons. The second-order valence-corrected chi connectivity index (χ2v) is 10.9. The molecule has 0 unspecified atom stereocenters. The van der Waals surface area contributed by atoms with E-state index in [2.05, 4.69) is 35.4 Å². The van der Waals surface area contributed by atoms with Crippen molar-refractivity contribution in [3.8, 4) is 16.9 Å². The highest BCUT2D eigenvalue weighted by Gasteiger charge is 2.31. The van der Waals surface area contributed by atoms with E-state index >= 15 is 0 Å². The third kappa shape index (κ3) is 5.02. The van der Waals surface area contributed by atoms with Crippen molar-refractivity contribution in [1.82, 2.24) is 14.6 Å². The molecule has 37 heavy (non-hydrogen) atoms. The van der Waals surface area contributed by atoms with E-state index in [1.165, 1.54) is 23.3 Å². The van der Waals surface area contributed by atoms with Crippen molar-refractivity contribution in [3.05, 3.63) is 70.0 Å². The van der Waals surface area contributed by atoms with E-state index in [0.717, 1.165) is 58.4 Å². The number of hydrogen-bond donors (Lipinski definition) is 0. The molecule has 1 aliphatic carbocycles. The van der Waals surface area contributed by atoms with Gasteiger partial charge in [0.25, 0.3) is 0 Å². The number of aromatic nitrogens is 3. The number of anilines is 1. The molecule has 0 bridgehead atoms. The maximum absolute atomic E-state index is 6.72. The first-order chi connectivity index (χ1) is 17.6. The van der Waals surface area contributed by atoms with Crippen LogP contribution in [0.3, 0.4) is 0 Å². The Kier molecular flexibility index (Phi) is 7.59. The number of nitrogens with zero attached hydrogens (tertiary/aromatic N) is 4. The average molecular weight is 558 g/mol. The van der Waals surface area contributed by atoms with E-state index in [0.29, 0.717) is 24.2 Å². The molecule has 0 spiro atoms. The van der Waals surface area contributed by atoms with Crippen LogP contribution in [0.15, 0.2) is 47.4 Å². The van der Waals surface area contributed by atoms with Crippen molar-refractivity contribution in [2.75, 3.05) is 24.8 Å². The summed E-state index contributed by atoms with van der Waals surface area (Å²) in [4.78, 5) is 8.82. The smallest absolute Gasteiger partial charge is 0.165 e. The van der Waals surface area contributed by atoms with Crippen LogP contribution in [-0.2, 0) is 24.5 Å². The Morgan fingerprint density at radius 3 is 2.62 bits per heavy atom. The molecule has 0 radical (unpaired) electrons. The second-order valence-electron chi connectivity index (χ2n) is 9.57. The van der Waals surface area contributed by atoms with E-state index in [1.54, 1.807) is 18.9 Å². The Labute approximate surface area is 232 Å². The number of methoxy groups -OCH3 is 1. The lowest BCUT2D eigenvalue weighted by Gasteiger charge is -2.27. The molecule has 0 saturated heterocycles. The molecular formula is C28H30Cl2N4O2S. The van der Waals surface area contributed by atoms with Crippen molar-refractivity contribution >= 4 is 47.2 Å². The lowest BCUT2D eigenvalue weighted by Crippen LogP contribution is -2.29. The molecule has 4 aromatic rings. The minimum Gasteiger partial charge on any atom is -0.497 e. The molecule has 0 amide bonds. The van der Waals surface area contributed by atoms with E-state index in [1.807, 2.05) is 29.6 Å². The quantitative estimate of drug-likeness (QED) is 0.219. The summed E-state index contributed by atoms with van der Waals surface area (Å²) >= 11 is 8.49. The number of benzene rings is 2. The van der Waals surface area contributed by atoms with E-state index in [9.17, 15) is 0 Å². The maximum atomic E-state index is 6.72. The van der Waals surface area contributed by atoms with Crippen molar-refractivity contribution in [3.63, 3.8) is 0 Å². The number of halogens is 2. The number of hydrogen-bond acceptors (Lipinski definition) is 6. The van der Waals surface area contributed by atoms with Crippen LogP contribution in [-0.4, -0.2) is 34.5 Å². The molecule has 2 aliphatic rings. The standard InChI is InChI=1S/C28H29ClN4O2S.ClH/c1-17-26(22-11-8-20(34-2)12-24(22)29)27-30-25-16-35-15-23(25)28(33(27)31-17)32(13-18-4-5-18)14-19-6-9-21(36-3)10-7-19;/h6-12,18H,4-5,13-16H2,1-3H3;1H. The van der Waals surface area contributed by atoms with Crippen LogP contribution in [0.4, 0.5) is 5.82 Å². The van der Waals surface area contributed by atoms with Crippen LogP contribution >= 0.6 is 35.8 Å². The summed E-state index contributed by atoms with van der Waals surface area (Å²) in [6, 6.07) is 14.6. The van der Waals surface area contributed by atoms with Gasteiger partial charge >= 0.3 is 0 Å². The molecule has 6 rings (SSSR count). The van der Waals surface area contributed by atoms with Crippen molar-refractivity contribution < 1.29 is 9.47 Å². The SMILES string of the molecule is COc1ccc(-c2c(C)nn3c(N(Cc4ccc(SC)cc4)CC4CC4)c4c(nc23)COC4)c(Cl)c1.Cl. The van der Waals surface area contributed by atoms with Crippen LogP contribution in [0.2, 0.25) is 5.02 Å². The second kappa shape index (κ2) is 10.7. The third-order valence-corrected chi connectivity index (χ3v) is 8.09. The average Bonchev–Trinajstić information content (AvgIpc) is 3.48. The summed E-state index contributed by atoms with van der Waals surface area (Å²) in [5.41, 5.74) is 6.99. The molecule has 0 N–H and O–H groups in total. The summed E-state index contributed by atoms with van der Waals surface area (Å²) in [6.45, 7) is 4.90. The number of aryl methyl sites for hydroxylation is 1. The molecular weight excluding hydrogens is 527 g/mol. The minimum atomic E-state index is 0. The first-order valence-electron chi connectivity index (χ1n) is 12.3. The van der Waals surface area contributed by atoms with E-state index < -0.39 is 0 Å². The molecule has 1 saturated carbocycles. The zero-order valence-corrected chi connectivity index (χ0v) is 23.6. The third-order valence-electron chi connectivity index (χ3n) is 7.03. The fraction of sp³-hybridized carbons (Fsp3) is 0.357.